The Kier molecular flexibility index (Phi) is 5.68. The zero-order valence-corrected chi connectivity index (χ0v) is 10.1. The van der Waals surface area contributed by atoms with E-state index in [0.29, 0.717) is 4.99 Å². The smallest absolute Gasteiger partial charge is 0.103 e. The third-order valence-electron chi connectivity index (χ3n) is 1.95. The third-order valence-corrected chi connectivity index (χ3v) is 3.30. The van der Waals surface area contributed by atoms with Gasteiger partial charge in [-0.05, 0) is 17.7 Å². The Morgan fingerprint density at radius 1 is 1.33 bits per heavy atom. The molecule has 0 amide bonds. The van der Waals surface area contributed by atoms with Crippen LogP contribution in [0.25, 0.3) is 0 Å². The second-order valence-corrected chi connectivity index (χ2v) is 4.74. The molecular formula is C11H15NOS2. The second-order valence-electron chi connectivity index (χ2n) is 3.19. The van der Waals surface area contributed by atoms with Crippen molar-refractivity contribution < 1.29 is 5.11 Å². The van der Waals surface area contributed by atoms with Gasteiger partial charge >= 0.3 is 0 Å². The summed E-state index contributed by atoms with van der Waals surface area (Å²) in [4.78, 5) is 0.439. The zero-order valence-electron chi connectivity index (χ0n) is 8.48. The quantitative estimate of drug-likeness (QED) is 0.590. The van der Waals surface area contributed by atoms with Crippen molar-refractivity contribution in [3.05, 3.63) is 35.4 Å². The van der Waals surface area contributed by atoms with E-state index in [1.165, 1.54) is 5.56 Å². The highest BCUT2D eigenvalue weighted by atomic mass is 32.2. The average molecular weight is 241 g/mol. The van der Waals surface area contributed by atoms with Gasteiger partial charge < -0.3 is 10.8 Å². The van der Waals surface area contributed by atoms with Crippen molar-refractivity contribution in [3.63, 3.8) is 0 Å². The maximum Gasteiger partial charge on any atom is 0.103 e. The molecule has 0 spiro atoms. The van der Waals surface area contributed by atoms with Gasteiger partial charge in [0.2, 0.25) is 0 Å². The molecule has 0 saturated heterocycles. The van der Waals surface area contributed by atoms with Gasteiger partial charge in [-0.1, -0.05) is 36.5 Å². The molecule has 3 N–H and O–H groups in total. The number of thioether (sulfide) groups is 1. The number of nitrogens with two attached hydrogens (primary N) is 1. The third kappa shape index (κ3) is 4.64. The molecule has 0 aliphatic rings. The Hall–Kier alpha value is -0.580. The molecule has 2 nitrogen and oxygen atoms in total. The molecule has 1 aromatic rings. The van der Waals surface area contributed by atoms with Gasteiger partial charge in [-0.25, -0.2) is 0 Å². The first-order chi connectivity index (χ1) is 7.24. The molecule has 0 fully saturated rings. The maximum atomic E-state index is 8.62. The van der Waals surface area contributed by atoms with E-state index in [4.69, 9.17) is 23.1 Å². The van der Waals surface area contributed by atoms with Crippen LogP contribution in [0.5, 0.6) is 0 Å². The number of rotatable bonds is 6. The topological polar surface area (TPSA) is 46.2 Å². The largest absolute Gasteiger partial charge is 0.396 e. The fourth-order valence-electron chi connectivity index (χ4n) is 1.12. The van der Waals surface area contributed by atoms with Gasteiger partial charge in [-0.3, -0.25) is 0 Å². The number of benzene rings is 1. The molecular weight excluding hydrogens is 226 g/mol. The molecule has 0 aliphatic carbocycles. The van der Waals surface area contributed by atoms with Gasteiger partial charge in [0.15, 0.2) is 0 Å². The van der Waals surface area contributed by atoms with Gasteiger partial charge in [0.05, 0.1) is 0 Å². The lowest BCUT2D eigenvalue weighted by Gasteiger charge is -2.02. The van der Waals surface area contributed by atoms with Gasteiger partial charge in [0.1, 0.15) is 4.99 Å². The maximum absolute atomic E-state index is 8.62. The van der Waals surface area contributed by atoms with Crippen molar-refractivity contribution >= 4 is 29.0 Å². The SMILES string of the molecule is NC(=S)c1ccc(CSCCCO)cc1. The summed E-state index contributed by atoms with van der Waals surface area (Å²) in [6.07, 6.45) is 0.857. The van der Waals surface area contributed by atoms with Crippen molar-refractivity contribution in [3.8, 4) is 0 Å². The lowest BCUT2D eigenvalue weighted by Crippen LogP contribution is -2.08. The van der Waals surface area contributed by atoms with Crippen LogP contribution in [-0.2, 0) is 5.75 Å². The summed E-state index contributed by atoms with van der Waals surface area (Å²) in [5.41, 5.74) is 7.68. The number of hydrogen-bond acceptors (Lipinski definition) is 3. The molecule has 15 heavy (non-hydrogen) atoms. The molecule has 0 radical (unpaired) electrons. The number of hydrogen-bond donors (Lipinski definition) is 2. The minimum absolute atomic E-state index is 0.271. The van der Waals surface area contributed by atoms with E-state index in [2.05, 4.69) is 0 Å². The minimum atomic E-state index is 0.271. The minimum Gasteiger partial charge on any atom is -0.396 e. The van der Waals surface area contributed by atoms with E-state index < -0.39 is 0 Å². The highest BCUT2D eigenvalue weighted by molar-refractivity contribution is 7.98. The van der Waals surface area contributed by atoms with Crippen LogP contribution in [0.1, 0.15) is 17.5 Å². The summed E-state index contributed by atoms with van der Waals surface area (Å²) in [5.74, 6) is 1.96. The molecule has 0 heterocycles. The van der Waals surface area contributed by atoms with E-state index in [-0.39, 0.29) is 6.61 Å². The van der Waals surface area contributed by atoms with Gasteiger partial charge in [-0.2, -0.15) is 11.8 Å². The van der Waals surface area contributed by atoms with Crippen molar-refractivity contribution in [1.82, 2.24) is 0 Å². The van der Waals surface area contributed by atoms with Gasteiger partial charge in [0.25, 0.3) is 0 Å². The van der Waals surface area contributed by atoms with E-state index in [0.717, 1.165) is 23.5 Å². The predicted molar refractivity (Wildman–Crippen MR) is 70.2 cm³/mol. The first-order valence-electron chi connectivity index (χ1n) is 4.81. The fraction of sp³-hybridized carbons (Fsp3) is 0.364. The van der Waals surface area contributed by atoms with Crippen molar-refractivity contribution in [2.45, 2.75) is 12.2 Å². The Morgan fingerprint density at radius 3 is 2.53 bits per heavy atom. The van der Waals surface area contributed by atoms with Crippen molar-refractivity contribution in [2.75, 3.05) is 12.4 Å². The van der Waals surface area contributed by atoms with E-state index in [9.17, 15) is 0 Å². The molecule has 0 unspecified atom stereocenters. The molecule has 0 bridgehead atoms. The van der Waals surface area contributed by atoms with Crippen LogP contribution in [-0.4, -0.2) is 22.5 Å². The van der Waals surface area contributed by atoms with E-state index in [1.807, 2.05) is 36.0 Å². The Bertz CT molecular complexity index is 311. The van der Waals surface area contributed by atoms with E-state index in [1.54, 1.807) is 0 Å². The first-order valence-corrected chi connectivity index (χ1v) is 6.37. The van der Waals surface area contributed by atoms with Crippen molar-refractivity contribution in [1.29, 1.82) is 0 Å². The molecule has 82 valence electrons. The molecule has 0 saturated carbocycles. The normalized spacial score (nSPS) is 10.2. The molecule has 0 aromatic heterocycles. The molecule has 0 aliphatic heterocycles. The Morgan fingerprint density at radius 2 is 2.00 bits per heavy atom. The zero-order chi connectivity index (χ0) is 11.1. The summed E-state index contributed by atoms with van der Waals surface area (Å²) in [5, 5.41) is 8.62. The molecule has 0 atom stereocenters. The highest BCUT2D eigenvalue weighted by Crippen LogP contribution is 2.13. The number of aliphatic hydroxyl groups excluding tert-OH is 1. The summed E-state index contributed by atoms with van der Waals surface area (Å²) in [7, 11) is 0. The number of thiocarbonyl (C=S) groups is 1. The highest BCUT2D eigenvalue weighted by Gasteiger charge is 1.97. The van der Waals surface area contributed by atoms with Crippen LogP contribution in [0.2, 0.25) is 0 Å². The lowest BCUT2D eigenvalue weighted by atomic mass is 10.1. The molecule has 1 aromatic carbocycles. The summed E-state index contributed by atoms with van der Waals surface area (Å²) >= 11 is 6.69. The molecule has 1 rings (SSSR count). The Labute approximate surface area is 99.9 Å². The molecule has 4 heteroatoms. The summed E-state index contributed by atoms with van der Waals surface area (Å²) in [6, 6.07) is 7.98. The van der Waals surface area contributed by atoms with Crippen molar-refractivity contribution in [2.24, 2.45) is 5.73 Å². The van der Waals surface area contributed by atoms with Crippen LogP contribution < -0.4 is 5.73 Å². The lowest BCUT2D eigenvalue weighted by molar-refractivity contribution is 0.296. The summed E-state index contributed by atoms with van der Waals surface area (Å²) < 4.78 is 0. The Balaban J connectivity index is 2.39. The monoisotopic (exact) mass is 241 g/mol. The first kappa shape index (κ1) is 12.5. The van der Waals surface area contributed by atoms with Crippen LogP contribution >= 0.6 is 24.0 Å². The average Bonchev–Trinajstić information content (AvgIpc) is 2.25. The van der Waals surface area contributed by atoms with Crippen LogP contribution in [0.4, 0.5) is 0 Å². The fourth-order valence-corrected chi connectivity index (χ4v) is 2.16. The standard InChI is InChI=1S/C11H15NOS2/c12-11(14)10-4-2-9(3-5-10)8-15-7-1-6-13/h2-5,13H,1,6-8H2,(H2,12,14). The van der Waals surface area contributed by atoms with Crippen LogP contribution in [0, 0.1) is 0 Å². The summed E-state index contributed by atoms with van der Waals surface area (Å²) in [6.45, 7) is 0.271. The van der Waals surface area contributed by atoms with Gasteiger partial charge in [0, 0.05) is 17.9 Å². The van der Waals surface area contributed by atoms with Gasteiger partial charge in [-0.15, -0.1) is 0 Å². The predicted octanol–water partition coefficient (Wildman–Crippen LogP) is 1.94. The van der Waals surface area contributed by atoms with Crippen LogP contribution in [0.15, 0.2) is 24.3 Å². The van der Waals surface area contributed by atoms with Crippen LogP contribution in [0.3, 0.4) is 0 Å². The van der Waals surface area contributed by atoms with E-state index >= 15 is 0 Å². The second kappa shape index (κ2) is 6.82. The number of aliphatic hydroxyl groups is 1.